The van der Waals surface area contributed by atoms with Gasteiger partial charge in [-0.15, -0.1) is 0 Å². The molecule has 1 rings (SSSR count). The minimum Gasteiger partial charge on any atom is -0.475 e. The standard InChI is InChI=1S/C24H37N5O6.C2HF3O2/c1-5-17(6-2)14-26-20(30)15-29-13-9-11-19(24(29)34)28-23(33)18(27-22(32)16(3)25)10-7-8-12-21(31)35-4;3-2(4,5)1(6)7/h8-9,11-13,16-18H,5-7,10,14-15,25H2,1-4H3,(H,26,30)(H,27,32)(H,28,33);(H,6,7)/b12-8+;/t16?,18-;/m0./s1. The number of esters is 1. The number of alkyl halides is 3. The van der Waals surface area contributed by atoms with Crippen molar-refractivity contribution in [3.05, 3.63) is 40.8 Å². The largest absolute Gasteiger partial charge is 0.490 e. The molecule has 3 amide bonds. The SMILES string of the molecule is CCC(CC)CNC(=O)Cn1cccc(NC(=O)[C@H](CC/C=C/C(=O)OC)NC(=O)C(C)N)c1=O.O=C(O)C(F)(F)F. The number of aliphatic carboxylic acids is 1. The molecule has 0 saturated heterocycles. The highest BCUT2D eigenvalue weighted by Gasteiger charge is 2.38. The molecule has 0 aromatic carbocycles. The molecule has 0 saturated carbocycles. The Bertz CT molecular complexity index is 1150. The Morgan fingerprint density at radius 3 is 2.24 bits per heavy atom. The van der Waals surface area contributed by atoms with Gasteiger partial charge in [-0.05, 0) is 37.8 Å². The van der Waals surface area contributed by atoms with E-state index in [2.05, 4.69) is 34.5 Å². The summed E-state index contributed by atoms with van der Waals surface area (Å²) in [7, 11) is 1.25. The fourth-order valence-electron chi connectivity index (χ4n) is 3.10. The number of ether oxygens (including phenoxy) is 1. The van der Waals surface area contributed by atoms with Crippen LogP contribution in [0.2, 0.25) is 0 Å². The van der Waals surface area contributed by atoms with E-state index in [0.29, 0.717) is 12.5 Å². The number of nitrogens with two attached hydrogens (primary N) is 1. The number of methoxy groups -OCH3 is 1. The minimum absolute atomic E-state index is 0.0320. The molecule has 0 aliphatic rings. The third kappa shape index (κ3) is 15.0. The van der Waals surface area contributed by atoms with Crippen molar-refractivity contribution in [2.24, 2.45) is 11.7 Å². The topological polar surface area (TPSA) is 199 Å². The highest BCUT2D eigenvalue weighted by molar-refractivity contribution is 5.97. The van der Waals surface area contributed by atoms with E-state index in [-0.39, 0.29) is 31.0 Å². The number of hydrogen-bond donors (Lipinski definition) is 5. The summed E-state index contributed by atoms with van der Waals surface area (Å²) in [6, 6.07) is 1.11. The number of carboxylic acids is 1. The third-order valence-corrected chi connectivity index (χ3v) is 5.70. The van der Waals surface area contributed by atoms with Crippen molar-refractivity contribution in [1.82, 2.24) is 15.2 Å². The van der Waals surface area contributed by atoms with Gasteiger partial charge in [0.15, 0.2) is 0 Å². The van der Waals surface area contributed by atoms with Gasteiger partial charge in [0.25, 0.3) is 5.56 Å². The third-order valence-electron chi connectivity index (χ3n) is 5.70. The number of nitrogens with one attached hydrogen (secondary N) is 3. The molecule has 13 nitrogen and oxygen atoms in total. The maximum absolute atomic E-state index is 12.9. The lowest BCUT2D eigenvalue weighted by molar-refractivity contribution is -0.192. The van der Waals surface area contributed by atoms with Crippen LogP contribution in [-0.4, -0.2) is 71.2 Å². The number of rotatable bonds is 14. The van der Waals surface area contributed by atoms with Crippen LogP contribution in [0.1, 0.15) is 46.5 Å². The number of aromatic nitrogens is 1. The predicted octanol–water partition coefficient (Wildman–Crippen LogP) is 1.31. The number of allylic oxidation sites excluding steroid dienone is 1. The Morgan fingerprint density at radius 1 is 1.14 bits per heavy atom. The lowest BCUT2D eigenvalue weighted by Crippen LogP contribution is -2.49. The molecule has 1 unspecified atom stereocenters. The number of amides is 3. The van der Waals surface area contributed by atoms with Crippen LogP contribution in [0.4, 0.5) is 18.9 Å². The average molecular weight is 606 g/mol. The van der Waals surface area contributed by atoms with Gasteiger partial charge in [0.2, 0.25) is 17.7 Å². The van der Waals surface area contributed by atoms with E-state index in [9.17, 15) is 37.1 Å². The lowest BCUT2D eigenvalue weighted by atomic mass is 10.0. The van der Waals surface area contributed by atoms with Gasteiger partial charge in [0, 0.05) is 18.8 Å². The van der Waals surface area contributed by atoms with Crippen LogP contribution in [0.5, 0.6) is 0 Å². The molecule has 0 aliphatic carbocycles. The summed E-state index contributed by atoms with van der Waals surface area (Å²) in [6.45, 7) is 5.92. The number of carbonyl (C=O) groups is 5. The molecule has 42 heavy (non-hydrogen) atoms. The molecule has 0 aliphatic heterocycles. The van der Waals surface area contributed by atoms with Crippen molar-refractivity contribution in [3.8, 4) is 0 Å². The molecule has 1 aromatic rings. The van der Waals surface area contributed by atoms with Crippen molar-refractivity contribution in [1.29, 1.82) is 0 Å². The molecular weight excluding hydrogens is 567 g/mol. The number of carbonyl (C=O) groups excluding carboxylic acids is 4. The Kier molecular flexibility index (Phi) is 17.1. The quantitative estimate of drug-likeness (QED) is 0.153. The Labute approximate surface area is 240 Å². The number of halogens is 3. The monoisotopic (exact) mass is 605 g/mol. The summed E-state index contributed by atoms with van der Waals surface area (Å²) in [5.41, 5.74) is 5.00. The molecule has 16 heteroatoms. The molecule has 6 N–H and O–H groups in total. The summed E-state index contributed by atoms with van der Waals surface area (Å²) in [5, 5.41) is 15.0. The van der Waals surface area contributed by atoms with Gasteiger partial charge in [0.05, 0.1) is 13.2 Å². The van der Waals surface area contributed by atoms with Crippen LogP contribution in [0.15, 0.2) is 35.3 Å². The number of pyridine rings is 1. The summed E-state index contributed by atoms with van der Waals surface area (Å²) in [6.07, 6.45) is 1.42. The zero-order chi connectivity index (χ0) is 32.5. The highest BCUT2D eigenvalue weighted by Crippen LogP contribution is 2.13. The second kappa shape index (κ2) is 19.0. The second-order valence-corrected chi connectivity index (χ2v) is 8.99. The summed E-state index contributed by atoms with van der Waals surface area (Å²) in [5.74, 6) is -4.40. The Morgan fingerprint density at radius 2 is 1.74 bits per heavy atom. The first kappa shape index (κ1) is 37.8. The zero-order valence-electron chi connectivity index (χ0n) is 23.8. The van der Waals surface area contributed by atoms with Gasteiger partial charge < -0.3 is 36.1 Å². The van der Waals surface area contributed by atoms with Crippen LogP contribution in [0.3, 0.4) is 0 Å². The van der Waals surface area contributed by atoms with Crippen LogP contribution in [0.25, 0.3) is 0 Å². The van der Waals surface area contributed by atoms with Crippen LogP contribution in [0, 0.1) is 5.92 Å². The number of nitrogens with zero attached hydrogens (tertiary/aromatic N) is 1. The second-order valence-electron chi connectivity index (χ2n) is 8.99. The van der Waals surface area contributed by atoms with E-state index < -0.39 is 47.6 Å². The summed E-state index contributed by atoms with van der Waals surface area (Å²) in [4.78, 5) is 70.2. The van der Waals surface area contributed by atoms with E-state index >= 15 is 0 Å². The first-order valence-electron chi connectivity index (χ1n) is 12.9. The molecule has 0 fully saturated rings. The normalized spacial score (nSPS) is 12.5. The highest BCUT2D eigenvalue weighted by atomic mass is 19.4. The average Bonchev–Trinajstić information content (AvgIpc) is 2.92. The van der Waals surface area contributed by atoms with E-state index in [1.165, 1.54) is 43.0 Å². The fourth-order valence-corrected chi connectivity index (χ4v) is 3.10. The molecule has 1 aromatic heterocycles. The number of anilines is 1. The van der Waals surface area contributed by atoms with Gasteiger partial charge >= 0.3 is 18.1 Å². The molecule has 2 atom stereocenters. The first-order valence-corrected chi connectivity index (χ1v) is 12.9. The van der Waals surface area contributed by atoms with Gasteiger partial charge in [-0.25, -0.2) is 9.59 Å². The van der Waals surface area contributed by atoms with E-state index in [1.807, 2.05) is 0 Å². The van der Waals surface area contributed by atoms with Gasteiger partial charge in [-0.3, -0.25) is 19.2 Å². The molecular formula is C26H38F3N5O8. The lowest BCUT2D eigenvalue weighted by Gasteiger charge is -2.19. The van der Waals surface area contributed by atoms with Gasteiger partial charge in [0.1, 0.15) is 18.3 Å². The number of hydrogen-bond acceptors (Lipinski definition) is 8. The first-order chi connectivity index (χ1) is 19.6. The smallest absolute Gasteiger partial charge is 0.475 e. The van der Waals surface area contributed by atoms with Crippen LogP contribution < -0.4 is 27.2 Å². The predicted molar refractivity (Wildman–Crippen MR) is 146 cm³/mol. The van der Waals surface area contributed by atoms with Crippen molar-refractivity contribution in [3.63, 3.8) is 0 Å². The van der Waals surface area contributed by atoms with E-state index in [0.717, 1.165) is 12.8 Å². The van der Waals surface area contributed by atoms with Crippen molar-refractivity contribution >= 4 is 35.3 Å². The summed E-state index contributed by atoms with van der Waals surface area (Å²) < 4.78 is 37.4. The van der Waals surface area contributed by atoms with Crippen molar-refractivity contribution < 1.29 is 47.0 Å². The van der Waals surface area contributed by atoms with Crippen LogP contribution in [-0.2, 0) is 35.3 Å². The van der Waals surface area contributed by atoms with Crippen LogP contribution >= 0.6 is 0 Å². The minimum atomic E-state index is -5.08. The van der Waals surface area contributed by atoms with Crippen molar-refractivity contribution in [2.75, 3.05) is 19.0 Å². The molecule has 1 heterocycles. The Hall–Kier alpha value is -4.21. The van der Waals surface area contributed by atoms with Gasteiger partial charge in [-0.2, -0.15) is 13.2 Å². The summed E-state index contributed by atoms with van der Waals surface area (Å²) >= 11 is 0. The zero-order valence-corrected chi connectivity index (χ0v) is 23.8. The maximum atomic E-state index is 12.9. The molecule has 0 radical (unpaired) electrons. The molecule has 236 valence electrons. The van der Waals surface area contributed by atoms with Gasteiger partial charge in [-0.1, -0.05) is 32.8 Å². The van der Waals surface area contributed by atoms with Crippen molar-refractivity contribution in [2.45, 2.75) is 71.3 Å². The number of carboxylic acid groups (broad SMARTS) is 1. The van der Waals surface area contributed by atoms with E-state index in [4.69, 9.17) is 15.6 Å². The Balaban J connectivity index is 0.00000212. The molecule has 0 spiro atoms. The fraction of sp³-hybridized carbons (Fsp3) is 0.538. The maximum Gasteiger partial charge on any atom is 0.490 e. The molecule has 0 bridgehead atoms. The van der Waals surface area contributed by atoms with E-state index in [1.54, 1.807) is 6.07 Å².